The van der Waals surface area contributed by atoms with Gasteiger partial charge in [0.25, 0.3) is 0 Å². The lowest BCUT2D eigenvalue weighted by Crippen LogP contribution is -2.35. The van der Waals surface area contributed by atoms with E-state index in [1.54, 1.807) is 0 Å². The second-order valence-corrected chi connectivity index (χ2v) is 7.25. The Morgan fingerprint density at radius 2 is 1.74 bits per heavy atom. The molecular formula is C14H22N2O2S. The Balaban J connectivity index is 2.39. The summed E-state index contributed by atoms with van der Waals surface area (Å²) in [5.74, 6) is 0. The first kappa shape index (κ1) is 14.3. The van der Waals surface area contributed by atoms with Crippen LogP contribution in [0.5, 0.6) is 0 Å². The van der Waals surface area contributed by atoms with E-state index in [1.807, 2.05) is 39.8 Å². The number of anilines is 1. The van der Waals surface area contributed by atoms with Gasteiger partial charge in [0.1, 0.15) is 0 Å². The Kier molecular flexibility index (Phi) is 3.62. The Morgan fingerprint density at radius 3 is 2.16 bits per heavy atom. The summed E-state index contributed by atoms with van der Waals surface area (Å²) >= 11 is 0. The van der Waals surface area contributed by atoms with Gasteiger partial charge in [-0.25, -0.2) is 13.1 Å². The van der Waals surface area contributed by atoms with Crippen LogP contribution in [0.15, 0.2) is 17.0 Å². The number of nitrogens with one attached hydrogen (secondary N) is 2. The molecule has 0 radical (unpaired) electrons. The third kappa shape index (κ3) is 3.09. The number of benzene rings is 1. The van der Waals surface area contributed by atoms with Gasteiger partial charge in [-0.05, 0) is 63.8 Å². The molecule has 1 aromatic carbocycles. The fourth-order valence-corrected chi connectivity index (χ4v) is 4.27. The minimum Gasteiger partial charge on any atom is -0.385 e. The molecule has 19 heavy (non-hydrogen) atoms. The van der Waals surface area contributed by atoms with E-state index in [1.165, 1.54) is 0 Å². The van der Waals surface area contributed by atoms with Crippen LogP contribution in [0.1, 0.15) is 37.8 Å². The second kappa shape index (κ2) is 4.80. The molecule has 1 saturated carbocycles. The molecule has 0 bridgehead atoms. The van der Waals surface area contributed by atoms with Crippen LogP contribution in [0.3, 0.4) is 0 Å². The van der Waals surface area contributed by atoms with Gasteiger partial charge in [-0.15, -0.1) is 0 Å². The Hall–Kier alpha value is -1.07. The van der Waals surface area contributed by atoms with Gasteiger partial charge in [-0.2, -0.15) is 0 Å². The molecule has 0 aliphatic heterocycles. The minimum atomic E-state index is -3.43. The molecule has 2 N–H and O–H groups in total. The number of hydrogen-bond acceptors (Lipinski definition) is 3. The van der Waals surface area contributed by atoms with Crippen LogP contribution >= 0.6 is 0 Å². The molecule has 0 atom stereocenters. The molecule has 106 valence electrons. The standard InChI is InChI=1S/C14H22N2O2S/c1-5-15-12-8-10(2)13(11(3)9-12)19(17,18)16-14(4)6-7-14/h8-9,15-16H,5-7H2,1-4H3. The topological polar surface area (TPSA) is 58.2 Å². The van der Waals surface area contributed by atoms with E-state index in [-0.39, 0.29) is 5.54 Å². The predicted octanol–water partition coefficient (Wildman–Crippen LogP) is 2.57. The average Bonchev–Trinajstić information content (AvgIpc) is 2.93. The highest BCUT2D eigenvalue weighted by Gasteiger charge is 2.41. The third-order valence-corrected chi connectivity index (χ3v) is 5.43. The molecule has 0 aromatic heterocycles. The molecule has 0 unspecified atom stereocenters. The maximum Gasteiger partial charge on any atom is 0.241 e. The lowest BCUT2D eigenvalue weighted by atomic mass is 10.1. The van der Waals surface area contributed by atoms with Gasteiger partial charge in [0.05, 0.1) is 4.90 Å². The van der Waals surface area contributed by atoms with Crippen LogP contribution in [-0.4, -0.2) is 20.5 Å². The van der Waals surface area contributed by atoms with Gasteiger partial charge in [0.15, 0.2) is 0 Å². The molecule has 2 rings (SSSR count). The molecule has 5 heteroatoms. The second-order valence-electron chi connectivity index (χ2n) is 5.64. The van der Waals surface area contributed by atoms with E-state index in [0.29, 0.717) is 4.90 Å². The maximum atomic E-state index is 12.5. The largest absolute Gasteiger partial charge is 0.385 e. The van der Waals surface area contributed by atoms with Gasteiger partial charge in [0, 0.05) is 17.8 Å². The first-order valence-electron chi connectivity index (χ1n) is 6.66. The maximum absolute atomic E-state index is 12.5. The summed E-state index contributed by atoms with van der Waals surface area (Å²) in [5.41, 5.74) is 2.30. The Labute approximate surface area is 115 Å². The monoisotopic (exact) mass is 282 g/mol. The van der Waals surface area contributed by atoms with Crippen molar-refractivity contribution in [2.45, 2.75) is 51.0 Å². The Morgan fingerprint density at radius 1 is 1.21 bits per heavy atom. The summed E-state index contributed by atoms with van der Waals surface area (Å²) in [5, 5.41) is 3.21. The first-order valence-corrected chi connectivity index (χ1v) is 8.15. The molecular weight excluding hydrogens is 260 g/mol. The van der Waals surface area contributed by atoms with E-state index in [4.69, 9.17) is 0 Å². The fourth-order valence-electron chi connectivity index (χ4n) is 2.35. The van der Waals surface area contributed by atoms with Crippen molar-refractivity contribution < 1.29 is 8.42 Å². The van der Waals surface area contributed by atoms with Gasteiger partial charge in [0.2, 0.25) is 10.0 Å². The molecule has 4 nitrogen and oxygen atoms in total. The molecule has 0 heterocycles. The number of aryl methyl sites for hydroxylation is 2. The summed E-state index contributed by atoms with van der Waals surface area (Å²) in [6.07, 6.45) is 1.83. The number of rotatable bonds is 5. The smallest absolute Gasteiger partial charge is 0.241 e. The van der Waals surface area contributed by atoms with E-state index < -0.39 is 10.0 Å². The van der Waals surface area contributed by atoms with Crippen molar-refractivity contribution in [3.05, 3.63) is 23.3 Å². The van der Waals surface area contributed by atoms with Crippen LogP contribution < -0.4 is 10.0 Å². The summed E-state index contributed by atoms with van der Waals surface area (Å²) in [7, 11) is -3.43. The molecule has 0 amide bonds. The molecule has 1 fully saturated rings. The van der Waals surface area contributed by atoms with Crippen LogP contribution in [0, 0.1) is 13.8 Å². The van der Waals surface area contributed by atoms with Crippen LogP contribution in [0.25, 0.3) is 0 Å². The van der Waals surface area contributed by atoms with E-state index >= 15 is 0 Å². The van der Waals surface area contributed by atoms with Crippen molar-refractivity contribution in [3.63, 3.8) is 0 Å². The normalized spacial score (nSPS) is 17.3. The molecule has 1 aliphatic rings. The third-order valence-electron chi connectivity index (χ3n) is 3.49. The van der Waals surface area contributed by atoms with Crippen molar-refractivity contribution in [2.24, 2.45) is 0 Å². The van der Waals surface area contributed by atoms with Crippen LogP contribution in [0.2, 0.25) is 0 Å². The number of hydrogen-bond donors (Lipinski definition) is 2. The molecule has 1 aliphatic carbocycles. The van der Waals surface area contributed by atoms with Crippen molar-refractivity contribution in [1.29, 1.82) is 0 Å². The van der Waals surface area contributed by atoms with Gasteiger partial charge in [-0.3, -0.25) is 0 Å². The highest BCUT2D eigenvalue weighted by atomic mass is 32.2. The van der Waals surface area contributed by atoms with Crippen molar-refractivity contribution >= 4 is 15.7 Å². The average molecular weight is 282 g/mol. The minimum absolute atomic E-state index is 0.238. The molecule has 0 spiro atoms. The van der Waals surface area contributed by atoms with E-state index in [0.717, 1.165) is 36.2 Å². The SMILES string of the molecule is CCNc1cc(C)c(S(=O)(=O)NC2(C)CC2)c(C)c1. The van der Waals surface area contributed by atoms with Gasteiger partial charge in [-0.1, -0.05) is 0 Å². The summed E-state index contributed by atoms with van der Waals surface area (Å²) < 4.78 is 27.7. The van der Waals surface area contributed by atoms with Crippen LogP contribution in [0.4, 0.5) is 5.69 Å². The highest BCUT2D eigenvalue weighted by molar-refractivity contribution is 7.89. The summed E-state index contributed by atoms with van der Waals surface area (Å²) in [4.78, 5) is 0.419. The van der Waals surface area contributed by atoms with Crippen molar-refractivity contribution in [2.75, 3.05) is 11.9 Å². The fraction of sp³-hybridized carbons (Fsp3) is 0.571. The zero-order chi connectivity index (χ0) is 14.3. The van der Waals surface area contributed by atoms with E-state index in [9.17, 15) is 8.42 Å². The summed E-state index contributed by atoms with van der Waals surface area (Å²) in [6.45, 7) is 8.48. The van der Waals surface area contributed by atoms with E-state index in [2.05, 4.69) is 10.0 Å². The molecule has 0 saturated heterocycles. The summed E-state index contributed by atoms with van der Waals surface area (Å²) in [6, 6.07) is 3.78. The van der Waals surface area contributed by atoms with Gasteiger partial charge < -0.3 is 5.32 Å². The van der Waals surface area contributed by atoms with Crippen LogP contribution in [-0.2, 0) is 10.0 Å². The number of sulfonamides is 1. The quantitative estimate of drug-likeness (QED) is 0.872. The zero-order valence-corrected chi connectivity index (χ0v) is 12.8. The zero-order valence-electron chi connectivity index (χ0n) is 12.0. The lowest BCUT2D eigenvalue weighted by molar-refractivity contribution is 0.557. The highest BCUT2D eigenvalue weighted by Crippen LogP contribution is 2.37. The Bertz CT molecular complexity index is 566. The van der Waals surface area contributed by atoms with Gasteiger partial charge >= 0.3 is 0 Å². The lowest BCUT2D eigenvalue weighted by Gasteiger charge is -2.17. The predicted molar refractivity (Wildman–Crippen MR) is 78.0 cm³/mol. The first-order chi connectivity index (χ1) is 8.77. The molecule has 1 aromatic rings. The van der Waals surface area contributed by atoms with Crippen molar-refractivity contribution in [1.82, 2.24) is 4.72 Å². The van der Waals surface area contributed by atoms with Crippen molar-refractivity contribution in [3.8, 4) is 0 Å².